The zero-order valence-corrected chi connectivity index (χ0v) is 23.1. The predicted octanol–water partition coefficient (Wildman–Crippen LogP) is 8.10. The van der Waals surface area contributed by atoms with Crippen LogP contribution in [0, 0.1) is 5.41 Å². The van der Waals surface area contributed by atoms with Crippen LogP contribution in [0.1, 0.15) is 60.2 Å². The van der Waals surface area contributed by atoms with Gasteiger partial charge in [0.05, 0.1) is 5.71 Å². The quantitative estimate of drug-likeness (QED) is 0.173. The maximum absolute atomic E-state index is 13.7. The molecule has 0 aromatic heterocycles. The van der Waals surface area contributed by atoms with Gasteiger partial charge in [-0.15, -0.1) is 0 Å². The lowest BCUT2D eigenvalue weighted by atomic mass is 9.62. The molecule has 0 heterocycles. The molecule has 4 aromatic rings. The van der Waals surface area contributed by atoms with Crippen molar-refractivity contribution in [2.45, 2.75) is 38.6 Å². The number of benzene rings is 4. The van der Waals surface area contributed by atoms with Crippen molar-refractivity contribution in [3.8, 4) is 0 Å². The molecule has 0 spiro atoms. The van der Waals surface area contributed by atoms with Gasteiger partial charge in [0.2, 0.25) is 0 Å². The van der Waals surface area contributed by atoms with Gasteiger partial charge in [0.1, 0.15) is 0 Å². The highest BCUT2D eigenvalue weighted by Crippen LogP contribution is 2.48. The van der Waals surface area contributed by atoms with Crippen LogP contribution in [0.3, 0.4) is 0 Å². The number of hydrogen-bond acceptors (Lipinski definition) is 3. The summed E-state index contributed by atoms with van der Waals surface area (Å²) in [5.41, 5.74) is 0.800. The minimum Gasteiger partial charge on any atom is -0.479 e. The van der Waals surface area contributed by atoms with Gasteiger partial charge in [0.25, 0.3) is 0 Å². The number of carbonyl (C=O) groups excluding carboxylic acids is 1. The maximum Gasteiger partial charge on any atom is 0.332 e. The summed E-state index contributed by atoms with van der Waals surface area (Å²) in [4.78, 5) is 32.5. The lowest BCUT2D eigenvalue weighted by Crippen LogP contribution is -2.54. The lowest BCUT2D eigenvalue weighted by molar-refractivity contribution is -0.149. The second-order valence-electron chi connectivity index (χ2n) is 10.6. The molecule has 4 nitrogen and oxygen atoms in total. The summed E-state index contributed by atoms with van der Waals surface area (Å²) in [7, 11) is 0. The number of aliphatic imine (C=N–C) groups is 1. The van der Waals surface area contributed by atoms with Gasteiger partial charge in [-0.25, -0.2) is 4.79 Å². The molecule has 0 bridgehead atoms. The fraction of sp³-hybridized carbons (Fsp3) is 0.206. The molecule has 2 atom stereocenters. The molecule has 0 saturated heterocycles. The first kappa shape index (κ1) is 28.0. The van der Waals surface area contributed by atoms with Crippen LogP contribution in [-0.2, 0) is 4.79 Å². The third kappa shape index (κ3) is 6.02. The Hall–Kier alpha value is -4.02. The number of Topliss-reactive ketones (excluding diaryl/α,β-unsaturated/α-hetero) is 1. The number of carboxylic acids is 1. The summed E-state index contributed by atoms with van der Waals surface area (Å²) >= 11 is 6.06. The van der Waals surface area contributed by atoms with E-state index in [1.54, 1.807) is 24.3 Å². The molecule has 5 heteroatoms. The van der Waals surface area contributed by atoms with Gasteiger partial charge in [0.15, 0.2) is 11.3 Å². The van der Waals surface area contributed by atoms with Crippen LogP contribution in [0.4, 0.5) is 0 Å². The first-order valence-electron chi connectivity index (χ1n) is 12.9. The van der Waals surface area contributed by atoms with Crippen LogP contribution < -0.4 is 0 Å². The average molecular weight is 538 g/mol. The first-order chi connectivity index (χ1) is 18.6. The second-order valence-corrected chi connectivity index (χ2v) is 11.0. The van der Waals surface area contributed by atoms with E-state index < -0.39 is 22.8 Å². The molecular formula is C34H32ClNO3. The Morgan fingerprint density at radius 2 is 1.18 bits per heavy atom. The molecule has 4 rings (SSSR count). The van der Waals surface area contributed by atoms with Gasteiger partial charge in [-0.05, 0) is 35.2 Å². The van der Waals surface area contributed by atoms with E-state index >= 15 is 0 Å². The third-order valence-corrected chi connectivity index (χ3v) is 7.37. The Balaban J connectivity index is 2.00. The predicted molar refractivity (Wildman–Crippen MR) is 158 cm³/mol. The van der Waals surface area contributed by atoms with Crippen LogP contribution in [-0.4, -0.2) is 28.1 Å². The van der Waals surface area contributed by atoms with E-state index in [9.17, 15) is 14.7 Å². The number of carbonyl (C=O) groups is 2. The van der Waals surface area contributed by atoms with E-state index in [2.05, 4.69) is 0 Å². The highest BCUT2D eigenvalue weighted by atomic mass is 35.5. The van der Waals surface area contributed by atoms with Crippen LogP contribution >= 0.6 is 11.6 Å². The monoisotopic (exact) mass is 537 g/mol. The van der Waals surface area contributed by atoms with Crippen LogP contribution in [0.15, 0.2) is 120 Å². The maximum atomic E-state index is 13.7. The van der Waals surface area contributed by atoms with Crippen molar-refractivity contribution >= 4 is 29.1 Å². The molecule has 4 aromatic carbocycles. The molecule has 0 radical (unpaired) electrons. The number of rotatable bonds is 9. The SMILES string of the molecule is CC(C)(C)[C@@](N=C(c1ccccc1)c1ccccc1)(C(=O)O)[C@@H](CC(=O)c1ccc(Cl)cc1)c1ccccc1. The second kappa shape index (κ2) is 11.8. The van der Waals surface area contributed by atoms with Gasteiger partial charge in [-0.1, -0.05) is 123 Å². The molecule has 0 aliphatic heterocycles. The number of aliphatic carboxylic acids is 1. The normalized spacial score (nSPS) is 13.6. The zero-order valence-electron chi connectivity index (χ0n) is 22.3. The minimum atomic E-state index is -1.70. The van der Waals surface area contributed by atoms with Crippen molar-refractivity contribution < 1.29 is 14.7 Å². The third-order valence-electron chi connectivity index (χ3n) is 7.11. The highest BCUT2D eigenvalue weighted by molar-refractivity contribution is 6.30. The van der Waals surface area contributed by atoms with E-state index in [1.807, 2.05) is 112 Å². The van der Waals surface area contributed by atoms with Gasteiger partial charge in [-0.3, -0.25) is 9.79 Å². The Bertz CT molecular complexity index is 1400. The topological polar surface area (TPSA) is 66.7 Å². The van der Waals surface area contributed by atoms with E-state index in [0.29, 0.717) is 16.3 Å². The number of hydrogen-bond donors (Lipinski definition) is 1. The Kier molecular flexibility index (Phi) is 8.47. The molecule has 0 saturated carbocycles. The first-order valence-corrected chi connectivity index (χ1v) is 13.3. The van der Waals surface area contributed by atoms with E-state index in [0.717, 1.165) is 16.7 Å². The van der Waals surface area contributed by atoms with Crippen molar-refractivity contribution in [3.63, 3.8) is 0 Å². The molecule has 1 N–H and O–H groups in total. The van der Waals surface area contributed by atoms with Gasteiger partial charge in [0, 0.05) is 34.1 Å². The van der Waals surface area contributed by atoms with Gasteiger partial charge >= 0.3 is 5.97 Å². The molecule has 39 heavy (non-hydrogen) atoms. The number of nitrogens with zero attached hydrogens (tertiary/aromatic N) is 1. The number of ketones is 1. The van der Waals surface area contributed by atoms with Crippen molar-refractivity contribution in [2.24, 2.45) is 10.4 Å². The van der Waals surface area contributed by atoms with E-state index in [1.165, 1.54) is 0 Å². The van der Waals surface area contributed by atoms with Crippen molar-refractivity contribution in [1.82, 2.24) is 0 Å². The Labute approximate surface area is 235 Å². The smallest absolute Gasteiger partial charge is 0.332 e. The molecule has 0 fully saturated rings. The molecule has 0 unspecified atom stereocenters. The standard InChI is InChI=1S/C34H32ClNO3/c1-33(2,3)34(32(38)39,36-31(26-15-9-5-10-16-26)27-17-11-6-12-18-27)29(24-13-7-4-8-14-24)23-30(37)25-19-21-28(35)22-20-25/h4-22,29H,23H2,1-3H3,(H,38,39)/t29-,34-/m0/s1. The number of halogens is 1. The summed E-state index contributed by atoms with van der Waals surface area (Å²) in [5, 5.41) is 11.6. The highest BCUT2D eigenvalue weighted by Gasteiger charge is 2.56. The fourth-order valence-electron chi connectivity index (χ4n) is 5.08. The molecule has 0 aliphatic carbocycles. The summed E-state index contributed by atoms with van der Waals surface area (Å²) in [6.45, 7) is 5.63. The van der Waals surface area contributed by atoms with E-state index in [4.69, 9.17) is 16.6 Å². The molecular weight excluding hydrogens is 506 g/mol. The van der Waals surface area contributed by atoms with Gasteiger partial charge in [-0.2, -0.15) is 0 Å². The van der Waals surface area contributed by atoms with Crippen LogP contribution in [0.2, 0.25) is 5.02 Å². The lowest BCUT2D eigenvalue weighted by Gasteiger charge is -2.44. The Morgan fingerprint density at radius 1 is 0.718 bits per heavy atom. The fourth-order valence-corrected chi connectivity index (χ4v) is 5.21. The van der Waals surface area contributed by atoms with Crippen LogP contribution in [0.5, 0.6) is 0 Å². The van der Waals surface area contributed by atoms with Gasteiger partial charge < -0.3 is 5.11 Å². The largest absolute Gasteiger partial charge is 0.479 e. The molecule has 0 aliphatic rings. The molecule has 198 valence electrons. The van der Waals surface area contributed by atoms with E-state index in [-0.39, 0.29) is 12.2 Å². The van der Waals surface area contributed by atoms with Crippen molar-refractivity contribution in [1.29, 1.82) is 0 Å². The minimum absolute atomic E-state index is 0.0461. The van der Waals surface area contributed by atoms with Crippen LogP contribution in [0.25, 0.3) is 0 Å². The summed E-state index contributed by atoms with van der Waals surface area (Å²) < 4.78 is 0. The summed E-state index contributed by atoms with van der Waals surface area (Å²) in [6, 6.07) is 35.2. The van der Waals surface area contributed by atoms with Crippen molar-refractivity contribution in [2.75, 3.05) is 0 Å². The Morgan fingerprint density at radius 3 is 1.62 bits per heavy atom. The number of carboxylic acid groups (broad SMARTS) is 1. The molecule has 0 amide bonds. The zero-order chi connectivity index (χ0) is 28.0. The summed E-state index contributed by atoms with van der Waals surface area (Å²) in [6.07, 6.45) is -0.0461. The van der Waals surface area contributed by atoms with Crippen molar-refractivity contribution in [3.05, 3.63) is 143 Å². The average Bonchev–Trinajstić information content (AvgIpc) is 2.93. The summed E-state index contributed by atoms with van der Waals surface area (Å²) in [5.74, 6) is -2.02.